The molecule has 0 amide bonds. The molecule has 2 aliphatic heterocycles. The van der Waals surface area contributed by atoms with Gasteiger partial charge in [-0.25, -0.2) is 23.4 Å². The van der Waals surface area contributed by atoms with Crippen molar-refractivity contribution < 1.29 is 8.42 Å². The van der Waals surface area contributed by atoms with Gasteiger partial charge in [-0.1, -0.05) is 23.8 Å². The fraction of sp³-hybridized carbons (Fsp3) is 0.450. The Morgan fingerprint density at radius 2 is 1.97 bits per heavy atom. The highest BCUT2D eigenvalue weighted by Crippen LogP contribution is 2.37. The number of aromatic nitrogens is 3. The molecule has 0 N–H and O–H groups in total. The smallest absolute Gasteiger partial charge is 0.153 e. The van der Waals surface area contributed by atoms with Crippen molar-refractivity contribution in [2.45, 2.75) is 32.4 Å². The van der Waals surface area contributed by atoms with Gasteiger partial charge in [0.15, 0.2) is 9.84 Å². The molecular weight excluding hydrogens is 410 g/mol. The van der Waals surface area contributed by atoms with Crippen molar-refractivity contribution in [3.8, 4) is 0 Å². The lowest BCUT2D eigenvalue weighted by molar-refractivity contribution is 0.572. The topological polar surface area (TPSA) is 79.3 Å². The molecule has 0 radical (unpaired) electrons. The fourth-order valence-corrected chi connectivity index (χ4v) is 5.84. The van der Waals surface area contributed by atoms with Crippen LogP contribution in [0.3, 0.4) is 0 Å². The van der Waals surface area contributed by atoms with Gasteiger partial charge in [0.2, 0.25) is 0 Å². The van der Waals surface area contributed by atoms with Gasteiger partial charge in [-0.3, -0.25) is 0 Å². The maximum Gasteiger partial charge on any atom is 0.153 e. The lowest BCUT2D eigenvalue weighted by Gasteiger charge is -2.39. The summed E-state index contributed by atoms with van der Waals surface area (Å²) in [5, 5.41) is 0.506. The Kier molecular flexibility index (Phi) is 4.51. The van der Waals surface area contributed by atoms with Crippen molar-refractivity contribution in [2.75, 3.05) is 34.4 Å². The first kappa shape index (κ1) is 18.8. The first-order valence-electron chi connectivity index (χ1n) is 9.82. The standard InChI is InChI=1S/C20H22ClN5O2S/c1-13-9-17-15(20(23-12-22-17)25-5-7-29(27,28)8-6-25)11-26(13)18-10-19(21)24-16-4-2-3-14(16)18/h2-3,10,12-13H,4-9,11H2,1H3/t13-/m1/s1. The van der Waals surface area contributed by atoms with E-state index in [9.17, 15) is 8.42 Å². The predicted octanol–water partition coefficient (Wildman–Crippen LogP) is 2.28. The molecule has 7 nitrogen and oxygen atoms in total. The molecular formula is C20H22ClN5O2S. The normalized spacial score (nSPS) is 22.5. The van der Waals surface area contributed by atoms with E-state index >= 15 is 0 Å². The Morgan fingerprint density at radius 1 is 1.17 bits per heavy atom. The summed E-state index contributed by atoms with van der Waals surface area (Å²) in [6, 6.07) is 2.19. The van der Waals surface area contributed by atoms with Gasteiger partial charge >= 0.3 is 0 Å². The second-order valence-electron chi connectivity index (χ2n) is 7.87. The van der Waals surface area contributed by atoms with Crippen molar-refractivity contribution in [1.82, 2.24) is 15.0 Å². The van der Waals surface area contributed by atoms with Crippen LogP contribution in [0, 0.1) is 0 Å². The number of halogens is 1. The van der Waals surface area contributed by atoms with E-state index in [-0.39, 0.29) is 17.5 Å². The van der Waals surface area contributed by atoms with Crippen LogP contribution in [0.1, 0.15) is 29.4 Å². The highest BCUT2D eigenvalue weighted by molar-refractivity contribution is 7.91. The molecule has 0 aromatic carbocycles. The van der Waals surface area contributed by atoms with Crippen LogP contribution in [-0.4, -0.2) is 54.0 Å². The Hall–Kier alpha value is -2.19. The van der Waals surface area contributed by atoms with Crippen LogP contribution in [0.25, 0.3) is 6.08 Å². The summed E-state index contributed by atoms with van der Waals surface area (Å²) >= 11 is 6.32. The van der Waals surface area contributed by atoms with Crippen LogP contribution >= 0.6 is 11.6 Å². The molecule has 29 heavy (non-hydrogen) atoms. The van der Waals surface area contributed by atoms with Gasteiger partial charge in [0.05, 0.1) is 22.9 Å². The zero-order chi connectivity index (χ0) is 20.2. The highest BCUT2D eigenvalue weighted by Gasteiger charge is 2.32. The number of sulfone groups is 1. The summed E-state index contributed by atoms with van der Waals surface area (Å²) < 4.78 is 23.7. The number of pyridine rings is 1. The average Bonchev–Trinajstić information content (AvgIpc) is 3.15. The Labute approximate surface area is 175 Å². The second-order valence-corrected chi connectivity index (χ2v) is 10.6. The molecule has 0 spiro atoms. The number of rotatable bonds is 2. The molecule has 2 aromatic heterocycles. The van der Waals surface area contributed by atoms with Gasteiger partial charge in [0.1, 0.15) is 17.3 Å². The zero-order valence-electron chi connectivity index (χ0n) is 16.2. The van der Waals surface area contributed by atoms with E-state index < -0.39 is 9.84 Å². The number of hydrogen-bond acceptors (Lipinski definition) is 7. The third-order valence-electron chi connectivity index (χ3n) is 5.99. The highest BCUT2D eigenvalue weighted by atomic mass is 35.5. The van der Waals surface area contributed by atoms with Gasteiger partial charge in [0.25, 0.3) is 0 Å². The number of anilines is 2. The minimum Gasteiger partial charge on any atom is -0.363 e. The van der Waals surface area contributed by atoms with Crippen molar-refractivity contribution in [2.24, 2.45) is 0 Å². The number of allylic oxidation sites excluding steroid dienone is 1. The van der Waals surface area contributed by atoms with E-state index in [0.717, 1.165) is 46.9 Å². The van der Waals surface area contributed by atoms with E-state index in [0.29, 0.717) is 24.8 Å². The van der Waals surface area contributed by atoms with Crippen molar-refractivity contribution in [3.05, 3.63) is 46.1 Å². The Bertz CT molecular complexity index is 1100. The minimum atomic E-state index is -2.94. The van der Waals surface area contributed by atoms with Crippen molar-refractivity contribution >= 4 is 39.0 Å². The van der Waals surface area contributed by atoms with Crippen LogP contribution in [-0.2, 0) is 29.2 Å². The number of nitrogens with zero attached hydrogens (tertiary/aromatic N) is 5. The van der Waals surface area contributed by atoms with Crippen LogP contribution < -0.4 is 9.80 Å². The average molecular weight is 432 g/mol. The van der Waals surface area contributed by atoms with E-state index in [1.165, 1.54) is 0 Å². The van der Waals surface area contributed by atoms with Gasteiger partial charge in [0, 0.05) is 55.3 Å². The third-order valence-corrected chi connectivity index (χ3v) is 7.80. The van der Waals surface area contributed by atoms with E-state index in [1.54, 1.807) is 6.33 Å². The Morgan fingerprint density at radius 3 is 2.76 bits per heavy atom. The van der Waals surface area contributed by atoms with Gasteiger partial charge < -0.3 is 9.80 Å². The molecule has 1 fully saturated rings. The first-order valence-corrected chi connectivity index (χ1v) is 12.0. The minimum absolute atomic E-state index is 0.171. The molecule has 4 heterocycles. The van der Waals surface area contributed by atoms with E-state index in [1.807, 2.05) is 6.07 Å². The van der Waals surface area contributed by atoms with Crippen LogP contribution in [0.5, 0.6) is 0 Å². The fourth-order valence-electron chi connectivity index (χ4n) is 4.43. The molecule has 152 valence electrons. The summed E-state index contributed by atoms with van der Waals surface area (Å²) in [5.41, 5.74) is 5.35. The molecule has 1 saturated heterocycles. The van der Waals surface area contributed by atoms with Crippen molar-refractivity contribution in [3.63, 3.8) is 0 Å². The molecule has 5 rings (SSSR count). The predicted molar refractivity (Wildman–Crippen MR) is 114 cm³/mol. The number of hydrogen-bond donors (Lipinski definition) is 0. The van der Waals surface area contributed by atoms with E-state index in [4.69, 9.17) is 11.6 Å². The SMILES string of the molecule is C[C@@H]1Cc2ncnc(N3CCS(=O)(=O)CC3)c2CN1c1cc(Cl)nc2c1C=CC2. The van der Waals surface area contributed by atoms with Gasteiger partial charge in [-0.05, 0) is 13.0 Å². The van der Waals surface area contributed by atoms with Gasteiger partial charge in [-0.2, -0.15) is 0 Å². The first-order chi connectivity index (χ1) is 13.9. The molecule has 0 saturated carbocycles. The maximum absolute atomic E-state index is 11.8. The van der Waals surface area contributed by atoms with Crippen LogP contribution in [0.15, 0.2) is 18.5 Å². The summed E-state index contributed by atoms with van der Waals surface area (Å²) in [6.07, 6.45) is 7.44. The summed E-state index contributed by atoms with van der Waals surface area (Å²) in [7, 11) is -2.94. The van der Waals surface area contributed by atoms with Crippen LogP contribution in [0.2, 0.25) is 5.15 Å². The molecule has 9 heteroatoms. The second kappa shape index (κ2) is 6.95. The van der Waals surface area contributed by atoms with Gasteiger partial charge in [-0.15, -0.1) is 0 Å². The molecule has 2 aromatic rings. The summed E-state index contributed by atoms with van der Waals surface area (Å²) in [4.78, 5) is 18.0. The molecule has 0 unspecified atom stereocenters. The molecule has 0 bridgehead atoms. The Balaban J connectivity index is 1.53. The molecule has 3 aliphatic rings. The van der Waals surface area contributed by atoms with Crippen LogP contribution in [0.4, 0.5) is 11.5 Å². The third kappa shape index (κ3) is 3.38. The monoisotopic (exact) mass is 431 g/mol. The van der Waals surface area contributed by atoms with Crippen molar-refractivity contribution in [1.29, 1.82) is 0 Å². The van der Waals surface area contributed by atoms with E-state index in [2.05, 4.69) is 43.8 Å². The molecule has 1 atom stereocenters. The summed E-state index contributed by atoms with van der Waals surface area (Å²) in [5.74, 6) is 1.20. The quantitative estimate of drug-likeness (QED) is 0.675. The zero-order valence-corrected chi connectivity index (χ0v) is 17.7. The lowest BCUT2D eigenvalue weighted by Crippen LogP contribution is -2.44. The number of fused-ring (bicyclic) bond motifs is 2. The summed E-state index contributed by atoms with van der Waals surface area (Å²) in [6.45, 7) is 3.80. The maximum atomic E-state index is 11.8. The molecule has 1 aliphatic carbocycles. The lowest BCUT2D eigenvalue weighted by atomic mass is 9.98. The largest absolute Gasteiger partial charge is 0.363 e.